The third kappa shape index (κ3) is 2.45. The van der Waals surface area contributed by atoms with E-state index in [0.29, 0.717) is 25.3 Å². The number of hydrogen-bond donors (Lipinski definition) is 1. The Morgan fingerprint density at radius 2 is 2.00 bits per heavy atom. The number of ether oxygens (including phenoxy) is 1. The summed E-state index contributed by atoms with van der Waals surface area (Å²) in [6.45, 7) is 2.57. The molecule has 1 aliphatic heterocycles. The lowest BCUT2D eigenvalue weighted by Crippen LogP contribution is -2.39. The lowest BCUT2D eigenvalue weighted by molar-refractivity contribution is -0.126. The second kappa shape index (κ2) is 4.68. The Hall–Kier alpha value is -2.04. The van der Waals surface area contributed by atoms with Gasteiger partial charge in [0, 0.05) is 13.1 Å². The molecule has 5 heteroatoms. The van der Waals surface area contributed by atoms with E-state index in [2.05, 4.69) is 0 Å². The van der Waals surface area contributed by atoms with Crippen LogP contribution in [0, 0.1) is 5.41 Å². The van der Waals surface area contributed by atoms with Crippen molar-refractivity contribution in [2.45, 2.75) is 13.3 Å². The Morgan fingerprint density at radius 1 is 1.33 bits per heavy atom. The topological polar surface area (TPSA) is 72.6 Å². The second-order valence-electron chi connectivity index (χ2n) is 4.78. The van der Waals surface area contributed by atoms with Crippen molar-refractivity contribution in [1.29, 1.82) is 0 Å². The Kier molecular flexibility index (Phi) is 3.23. The van der Waals surface area contributed by atoms with Crippen LogP contribution in [0.15, 0.2) is 30.3 Å². The van der Waals surface area contributed by atoms with Gasteiger partial charge < -0.3 is 15.4 Å². The van der Waals surface area contributed by atoms with E-state index in [-0.39, 0.29) is 5.91 Å². The monoisotopic (exact) mass is 248 g/mol. The van der Waals surface area contributed by atoms with Crippen LogP contribution in [0.3, 0.4) is 0 Å². The minimum Gasteiger partial charge on any atom is -0.410 e. The van der Waals surface area contributed by atoms with Gasteiger partial charge >= 0.3 is 6.09 Å². The maximum atomic E-state index is 11.9. The van der Waals surface area contributed by atoms with Gasteiger partial charge in [0.2, 0.25) is 5.91 Å². The zero-order chi connectivity index (χ0) is 13.2. The van der Waals surface area contributed by atoms with Crippen molar-refractivity contribution in [3.8, 4) is 5.75 Å². The minimum atomic E-state index is -0.643. The van der Waals surface area contributed by atoms with Gasteiger partial charge in [-0.2, -0.15) is 0 Å². The summed E-state index contributed by atoms with van der Waals surface area (Å²) in [4.78, 5) is 24.7. The fourth-order valence-electron chi connectivity index (χ4n) is 1.97. The van der Waals surface area contributed by atoms with Gasteiger partial charge in [-0.05, 0) is 25.5 Å². The van der Waals surface area contributed by atoms with Crippen molar-refractivity contribution in [3.05, 3.63) is 30.3 Å². The largest absolute Gasteiger partial charge is 0.415 e. The summed E-state index contributed by atoms with van der Waals surface area (Å²) in [7, 11) is 0. The van der Waals surface area contributed by atoms with Crippen LogP contribution in [0.25, 0.3) is 0 Å². The molecule has 1 unspecified atom stereocenters. The maximum absolute atomic E-state index is 11.9. The number of carbonyl (C=O) groups excluding carboxylic acids is 2. The molecule has 1 heterocycles. The molecule has 2 amide bonds. The highest BCUT2D eigenvalue weighted by atomic mass is 16.6. The number of nitrogens with two attached hydrogens (primary N) is 1. The molecule has 1 aliphatic rings. The Labute approximate surface area is 106 Å². The Morgan fingerprint density at radius 3 is 2.56 bits per heavy atom. The first-order chi connectivity index (χ1) is 8.51. The van der Waals surface area contributed by atoms with E-state index in [1.165, 1.54) is 4.90 Å². The maximum Gasteiger partial charge on any atom is 0.415 e. The van der Waals surface area contributed by atoms with Crippen LogP contribution in [0.1, 0.15) is 13.3 Å². The zero-order valence-corrected chi connectivity index (χ0v) is 10.3. The molecule has 1 aromatic carbocycles. The minimum absolute atomic E-state index is 0.313. The molecule has 0 aliphatic carbocycles. The molecule has 0 bridgehead atoms. The summed E-state index contributed by atoms with van der Waals surface area (Å²) in [5.41, 5.74) is 4.69. The van der Waals surface area contributed by atoms with E-state index < -0.39 is 11.5 Å². The zero-order valence-electron chi connectivity index (χ0n) is 10.3. The van der Waals surface area contributed by atoms with Crippen molar-refractivity contribution < 1.29 is 14.3 Å². The van der Waals surface area contributed by atoms with E-state index in [9.17, 15) is 9.59 Å². The average molecular weight is 248 g/mol. The van der Waals surface area contributed by atoms with Gasteiger partial charge in [-0.15, -0.1) is 0 Å². The molecular formula is C13H16N2O3. The van der Waals surface area contributed by atoms with E-state index >= 15 is 0 Å². The van der Waals surface area contributed by atoms with Crippen LogP contribution in [-0.2, 0) is 4.79 Å². The van der Waals surface area contributed by atoms with Crippen LogP contribution < -0.4 is 10.5 Å². The Balaban J connectivity index is 1.98. The van der Waals surface area contributed by atoms with Crippen molar-refractivity contribution in [2.75, 3.05) is 13.1 Å². The van der Waals surface area contributed by atoms with Crippen molar-refractivity contribution in [2.24, 2.45) is 11.1 Å². The summed E-state index contributed by atoms with van der Waals surface area (Å²) >= 11 is 0. The summed E-state index contributed by atoms with van der Waals surface area (Å²) in [6.07, 6.45) is 0.137. The van der Waals surface area contributed by atoms with Gasteiger partial charge in [-0.1, -0.05) is 18.2 Å². The SMILES string of the molecule is CC1(C(N)=O)CCN(C(=O)Oc2ccccc2)C1. The van der Waals surface area contributed by atoms with Gasteiger partial charge in [0.05, 0.1) is 5.41 Å². The molecule has 2 N–H and O–H groups in total. The highest BCUT2D eigenvalue weighted by molar-refractivity contribution is 5.82. The highest BCUT2D eigenvalue weighted by Gasteiger charge is 2.41. The van der Waals surface area contributed by atoms with Crippen LogP contribution in [-0.4, -0.2) is 30.0 Å². The lowest BCUT2D eigenvalue weighted by atomic mass is 9.89. The molecule has 0 aromatic heterocycles. The van der Waals surface area contributed by atoms with Gasteiger partial charge in [-0.3, -0.25) is 4.79 Å². The first-order valence-electron chi connectivity index (χ1n) is 5.83. The number of likely N-dealkylation sites (tertiary alicyclic amines) is 1. The molecule has 0 radical (unpaired) electrons. The summed E-state index contributed by atoms with van der Waals surface area (Å²) in [5, 5.41) is 0. The van der Waals surface area contributed by atoms with Gasteiger partial charge in [0.25, 0.3) is 0 Å². The van der Waals surface area contributed by atoms with Gasteiger partial charge in [-0.25, -0.2) is 4.79 Å². The van der Waals surface area contributed by atoms with E-state index in [1.807, 2.05) is 6.07 Å². The predicted molar refractivity (Wildman–Crippen MR) is 66.0 cm³/mol. The molecule has 5 nitrogen and oxygen atoms in total. The molecule has 0 spiro atoms. The fourth-order valence-corrected chi connectivity index (χ4v) is 1.97. The smallest absolute Gasteiger partial charge is 0.410 e. The van der Waals surface area contributed by atoms with Crippen molar-refractivity contribution >= 4 is 12.0 Å². The number of hydrogen-bond acceptors (Lipinski definition) is 3. The Bertz CT molecular complexity index is 461. The van der Waals surface area contributed by atoms with Crippen molar-refractivity contribution in [3.63, 3.8) is 0 Å². The number of benzene rings is 1. The number of rotatable bonds is 2. The normalized spacial score (nSPS) is 22.8. The van der Waals surface area contributed by atoms with Crippen LogP contribution in [0.2, 0.25) is 0 Å². The quantitative estimate of drug-likeness (QED) is 0.859. The van der Waals surface area contributed by atoms with E-state index in [1.54, 1.807) is 31.2 Å². The summed E-state index contributed by atoms with van der Waals surface area (Å²) in [5.74, 6) is 0.118. The lowest BCUT2D eigenvalue weighted by Gasteiger charge is -2.20. The van der Waals surface area contributed by atoms with Crippen LogP contribution in [0.4, 0.5) is 4.79 Å². The average Bonchev–Trinajstić information content (AvgIpc) is 2.75. The summed E-state index contributed by atoms with van der Waals surface area (Å²) in [6, 6.07) is 8.85. The third-order valence-electron chi connectivity index (χ3n) is 3.27. The molecule has 1 atom stereocenters. The standard InChI is InChI=1S/C13H16N2O3/c1-13(11(14)16)7-8-15(9-13)12(17)18-10-5-3-2-4-6-10/h2-6H,7-9H2,1H3,(H2,14,16). The molecule has 18 heavy (non-hydrogen) atoms. The number of para-hydroxylation sites is 1. The van der Waals surface area contributed by atoms with Gasteiger partial charge in [0.15, 0.2) is 0 Å². The van der Waals surface area contributed by atoms with Crippen LogP contribution in [0.5, 0.6) is 5.75 Å². The molecule has 0 saturated carbocycles. The molecule has 1 saturated heterocycles. The predicted octanol–water partition coefficient (Wildman–Crippen LogP) is 1.38. The molecular weight excluding hydrogens is 232 g/mol. The third-order valence-corrected chi connectivity index (χ3v) is 3.27. The number of carbonyl (C=O) groups is 2. The fraction of sp³-hybridized carbons (Fsp3) is 0.385. The number of amides is 2. The second-order valence-corrected chi connectivity index (χ2v) is 4.78. The van der Waals surface area contributed by atoms with Gasteiger partial charge in [0.1, 0.15) is 5.75 Å². The van der Waals surface area contributed by atoms with E-state index in [0.717, 1.165) is 0 Å². The molecule has 1 aromatic rings. The number of primary amides is 1. The summed E-state index contributed by atoms with van der Waals surface area (Å²) < 4.78 is 5.21. The highest BCUT2D eigenvalue weighted by Crippen LogP contribution is 2.29. The van der Waals surface area contributed by atoms with E-state index in [4.69, 9.17) is 10.5 Å². The van der Waals surface area contributed by atoms with Crippen LogP contribution >= 0.6 is 0 Å². The number of nitrogens with zero attached hydrogens (tertiary/aromatic N) is 1. The molecule has 1 fully saturated rings. The molecule has 96 valence electrons. The van der Waals surface area contributed by atoms with Crippen molar-refractivity contribution in [1.82, 2.24) is 4.90 Å². The first-order valence-corrected chi connectivity index (χ1v) is 5.83. The molecule has 2 rings (SSSR count). The first kappa shape index (κ1) is 12.4.